The summed E-state index contributed by atoms with van der Waals surface area (Å²) in [4.78, 5) is 6.26. The molecule has 1 saturated heterocycles. The van der Waals surface area contributed by atoms with E-state index in [0.717, 1.165) is 42.6 Å². The summed E-state index contributed by atoms with van der Waals surface area (Å²) in [6.45, 7) is 4.63. The number of benzene rings is 1. The monoisotopic (exact) mass is 373 g/mol. The Labute approximate surface area is 161 Å². The smallest absolute Gasteiger partial charge is 0.204 e. The summed E-state index contributed by atoms with van der Waals surface area (Å²) in [6.07, 6.45) is 6.17. The second kappa shape index (κ2) is 7.98. The molecule has 6 heteroatoms. The van der Waals surface area contributed by atoms with Gasteiger partial charge in [0.05, 0.1) is 26.8 Å². The summed E-state index contributed by atoms with van der Waals surface area (Å²) in [6, 6.07) is 2.38. The van der Waals surface area contributed by atoms with Crippen molar-refractivity contribution >= 4 is 10.9 Å². The molecule has 0 bridgehead atoms. The molecule has 1 aromatic carbocycles. The third-order valence-corrected chi connectivity index (χ3v) is 6.02. The van der Waals surface area contributed by atoms with E-state index in [-0.39, 0.29) is 0 Å². The molecule has 2 aromatic rings. The Kier molecular flexibility index (Phi) is 5.45. The van der Waals surface area contributed by atoms with Crippen molar-refractivity contribution in [2.75, 3.05) is 47.5 Å². The molecule has 27 heavy (non-hydrogen) atoms. The van der Waals surface area contributed by atoms with Crippen LogP contribution in [0, 0.1) is 0 Å². The minimum Gasteiger partial charge on any atom is -0.493 e. The molecule has 0 spiro atoms. The fraction of sp³-hybridized carbons (Fsp3) is 0.619. The number of nitrogens with zero attached hydrogens (tertiary/aromatic N) is 1. The molecular formula is C21H31N3O3. The number of H-pyrrole nitrogens is 1. The number of methoxy groups -OCH3 is 3. The first-order valence-electron chi connectivity index (χ1n) is 10.1. The van der Waals surface area contributed by atoms with E-state index in [9.17, 15) is 0 Å². The highest BCUT2D eigenvalue weighted by Crippen LogP contribution is 2.46. The highest BCUT2D eigenvalue weighted by atomic mass is 16.5. The van der Waals surface area contributed by atoms with Gasteiger partial charge in [0, 0.05) is 23.2 Å². The molecule has 1 atom stereocenters. The number of ether oxygens (including phenoxy) is 3. The highest BCUT2D eigenvalue weighted by Gasteiger charge is 2.28. The van der Waals surface area contributed by atoms with Gasteiger partial charge >= 0.3 is 0 Å². The number of likely N-dealkylation sites (tertiary alicyclic amines) is 1. The number of hydrogen-bond donors (Lipinski definition) is 2. The summed E-state index contributed by atoms with van der Waals surface area (Å²) in [5.74, 6) is 2.12. The van der Waals surface area contributed by atoms with Crippen LogP contribution in [0.5, 0.6) is 17.2 Å². The predicted molar refractivity (Wildman–Crippen MR) is 107 cm³/mol. The van der Waals surface area contributed by atoms with Crippen LogP contribution in [0.1, 0.15) is 43.0 Å². The second-order valence-corrected chi connectivity index (χ2v) is 7.53. The van der Waals surface area contributed by atoms with E-state index in [4.69, 9.17) is 14.2 Å². The molecule has 4 rings (SSSR count). The molecule has 1 fully saturated rings. The minimum atomic E-state index is 0.352. The van der Waals surface area contributed by atoms with Crippen LogP contribution < -0.4 is 19.5 Å². The number of aromatic amines is 1. The summed E-state index contributed by atoms with van der Waals surface area (Å²) >= 11 is 0. The van der Waals surface area contributed by atoms with Crippen molar-refractivity contribution in [1.29, 1.82) is 0 Å². The van der Waals surface area contributed by atoms with E-state index in [0.29, 0.717) is 17.5 Å². The molecule has 2 aliphatic heterocycles. The van der Waals surface area contributed by atoms with Crippen molar-refractivity contribution in [3.05, 3.63) is 17.3 Å². The molecular weight excluding hydrogens is 342 g/mol. The molecule has 6 nitrogen and oxygen atoms in total. The molecule has 2 aliphatic rings. The van der Waals surface area contributed by atoms with Gasteiger partial charge in [0.25, 0.3) is 0 Å². The topological polar surface area (TPSA) is 58.8 Å². The molecule has 0 amide bonds. The standard InChI is InChI=1S/C21H31N3O3/c1-25-17-13-16-18(21(27-3)20(17)26-2)14-7-9-22-15(19(14)23-16)8-12-24-10-5-4-6-11-24/h13,15,22-23H,4-12H2,1-3H3/t15-/m0/s1. The van der Waals surface area contributed by atoms with E-state index in [2.05, 4.69) is 15.2 Å². The van der Waals surface area contributed by atoms with Crippen LogP contribution in [-0.4, -0.2) is 57.4 Å². The van der Waals surface area contributed by atoms with Crippen molar-refractivity contribution in [2.24, 2.45) is 0 Å². The first kappa shape index (κ1) is 18.4. The number of rotatable bonds is 6. The summed E-state index contributed by atoms with van der Waals surface area (Å²) in [5.41, 5.74) is 3.70. The maximum atomic E-state index is 5.75. The quantitative estimate of drug-likeness (QED) is 0.814. The van der Waals surface area contributed by atoms with Gasteiger partial charge in [0.2, 0.25) is 5.75 Å². The summed E-state index contributed by atoms with van der Waals surface area (Å²) < 4.78 is 16.9. The lowest BCUT2D eigenvalue weighted by atomic mass is 9.96. The zero-order valence-electron chi connectivity index (χ0n) is 16.7. The van der Waals surface area contributed by atoms with Crippen molar-refractivity contribution in [1.82, 2.24) is 15.2 Å². The Hall–Kier alpha value is -1.92. The average Bonchev–Trinajstić information content (AvgIpc) is 3.10. The van der Waals surface area contributed by atoms with Crippen molar-refractivity contribution in [3.8, 4) is 17.2 Å². The van der Waals surface area contributed by atoms with Gasteiger partial charge in [-0.2, -0.15) is 0 Å². The summed E-state index contributed by atoms with van der Waals surface area (Å²) in [5, 5.41) is 4.84. The predicted octanol–water partition coefficient (Wildman–Crippen LogP) is 3.26. The van der Waals surface area contributed by atoms with Crippen molar-refractivity contribution in [3.63, 3.8) is 0 Å². The van der Waals surface area contributed by atoms with Crippen LogP contribution >= 0.6 is 0 Å². The Morgan fingerprint density at radius 2 is 1.81 bits per heavy atom. The molecule has 0 aliphatic carbocycles. The van der Waals surface area contributed by atoms with Crippen LogP contribution in [0.15, 0.2) is 6.07 Å². The van der Waals surface area contributed by atoms with E-state index < -0.39 is 0 Å². The number of nitrogens with one attached hydrogen (secondary N) is 2. The van der Waals surface area contributed by atoms with Gasteiger partial charge in [0.1, 0.15) is 0 Å². The maximum absolute atomic E-state index is 5.75. The lowest BCUT2D eigenvalue weighted by Crippen LogP contribution is -2.35. The van der Waals surface area contributed by atoms with Gasteiger partial charge in [-0.05, 0) is 57.4 Å². The Morgan fingerprint density at radius 3 is 2.52 bits per heavy atom. The largest absolute Gasteiger partial charge is 0.493 e. The Bertz CT molecular complexity index is 796. The van der Waals surface area contributed by atoms with Crippen LogP contribution in [0.2, 0.25) is 0 Å². The lowest BCUT2D eigenvalue weighted by Gasteiger charge is -2.30. The normalized spacial score (nSPS) is 20.5. The molecule has 2 N–H and O–H groups in total. The van der Waals surface area contributed by atoms with Gasteiger partial charge in [-0.15, -0.1) is 0 Å². The van der Waals surface area contributed by atoms with Crippen molar-refractivity contribution < 1.29 is 14.2 Å². The van der Waals surface area contributed by atoms with E-state index >= 15 is 0 Å². The lowest BCUT2D eigenvalue weighted by molar-refractivity contribution is 0.215. The minimum absolute atomic E-state index is 0.352. The zero-order chi connectivity index (χ0) is 18.8. The summed E-state index contributed by atoms with van der Waals surface area (Å²) in [7, 11) is 5.02. The number of aromatic nitrogens is 1. The van der Waals surface area contributed by atoms with Crippen LogP contribution in [0.3, 0.4) is 0 Å². The highest BCUT2D eigenvalue weighted by molar-refractivity contribution is 5.95. The van der Waals surface area contributed by atoms with E-state index in [1.54, 1.807) is 21.3 Å². The molecule has 0 unspecified atom stereocenters. The fourth-order valence-electron chi connectivity index (χ4n) is 4.68. The Morgan fingerprint density at radius 1 is 1.04 bits per heavy atom. The SMILES string of the molecule is COc1cc2[nH]c3c(c2c(OC)c1OC)CCN[C@H]3CCN1CCCCC1. The van der Waals surface area contributed by atoms with Gasteiger partial charge in [0.15, 0.2) is 11.5 Å². The van der Waals surface area contributed by atoms with Gasteiger partial charge in [-0.3, -0.25) is 0 Å². The maximum Gasteiger partial charge on any atom is 0.204 e. The first-order valence-corrected chi connectivity index (χ1v) is 10.1. The fourth-order valence-corrected chi connectivity index (χ4v) is 4.68. The third kappa shape index (κ3) is 3.36. The Balaban J connectivity index is 1.68. The van der Waals surface area contributed by atoms with Gasteiger partial charge < -0.3 is 29.4 Å². The molecule has 0 radical (unpaired) electrons. The van der Waals surface area contributed by atoms with Crippen LogP contribution in [-0.2, 0) is 6.42 Å². The van der Waals surface area contributed by atoms with Crippen LogP contribution in [0.25, 0.3) is 10.9 Å². The molecule has 148 valence electrons. The molecule has 1 aromatic heterocycles. The van der Waals surface area contributed by atoms with E-state index in [1.165, 1.54) is 43.6 Å². The van der Waals surface area contributed by atoms with Crippen LogP contribution in [0.4, 0.5) is 0 Å². The number of hydrogen-bond acceptors (Lipinski definition) is 5. The average molecular weight is 373 g/mol. The molecule has 0 saturated carbocycles. The van der Waals surface area contributed by atoms with E-state index in [1.807, 2.05) is 6.07 Å². The van der Waals surface area contributed by atoms with Gasteiger partial charge in [-0.25, -0.2) is 0 Å². The molecule has 3 heterocycles. The van der Waals surface area contributed by atoms with Crippen molar-refractivity contribution in [2.45, 2.75) is 38.1 Å². The van der Waals surface area contributed by atoms with Gasteiger partial charge in [-0.1, -0.05) is 6.42 Å². The zero-order valence-corrected chi connectivity index (χ0v) is 16.7. The first-order chi connectivity index (χ1) is 13.3. The number of fused-ring (bicyclic) bond motifs is 3. The third-order valence-electron chi connectivity index (χ3n) is 6.02. The number of piperidine rings is 1. The second-order valence-electron chi connectivity index (χ2n) is 7.53.